The van der Waals surface area contributed by atoms with Gasteiger partial charge in [-0.25, -0.2) is 4.98 Å². The van der Waals surface area contributed by atoms with E-state index in [1.807, 2.05) is 5.38 Å². The molecule has 15 heavy (non-hydrogen) atoms. The van der Waals surface area contributed by atoms with Gasteiger partial charge in [-0.3, -0.25) is 4.79 Å². The number of likely N-dealkylation sites (tertiary alicyclic amines) is 1. The second-order valence-corrected chi connectivity index (χ2v) is 4.81. The van der Waals surface area contributed by atoms with Crippen molar-refractivity contribution in [1.82, 2.24) is 9.88 Å². The summed E-state index contributed by atoms with van der Waals surface area (Å²) in [6.07, 6.45) is 5.95. The zero-order valence-corrected chi connectivity index (χ0v) is 9.63. The van der Waals surface area contributed by atoms with E-state index in [-0.39, 0.29) is 5.78 Å². The predicted octanol–water partition coefficient (Wildman–Crippen LogP) is 2.20. The first-order valence-electron chi connectivity index (χ1n) is 5.51. The molecule has 4 heteroatoms. The summed E-state index contributed by atoms with van der Waals surface area (Å²) in [4.78, 5) is 18.1. The van der Waals surface area contributed by atoms with Crippen LogP contribution in [-0.2, 0) is 0 Å². The maximum absolute atomic E-state index is 11.6. The third-order valence-electron chi connectivity index (χ3n) is 2.75. The standard InChI is InChI=1S/C11H16N2OS/c14-10(11-12-5-9-15-11)4-3-8-13-6-1-2-7-13/h5,9H,1-4,6-8H2. The summed E-state index contributed by atoms with van der Waals surface area (Å²) in [5, 5.41) is 2.52. The first kappa shape index (κ1) is 10.8. The van der Waals surface area contributed by atoms with E-state index in [4.69, 9.17) is 0 Å². The van der Waals surface area contributed by atoms with Crippen LogP contribution in [0.4, 0.5) is 0 Å². The van der Waals surface area contributed by atoms with Crippen molar-refractivity contribution >= 4 is 17.1 Å². The lowest BCUT2D eigenvalue weighted by atomic mass is 10.2. The smallest absolute Gasteiger partial charge is 0.191 e. The Morgan fingerprint density at radius 2 is 2.27 bits per heavy atom. The molecule has 0 bridgehead atoms. The number of carbonyl (C=O) groups is 1. The van der Waals surface area contributed by atoms with Gasteiger partial charge < -0.3 is 4.90 Å². The summed E-state index contributed by atoms with van der Waals surface area (Å²) in [6.45, 7) is 3.49. The number of aromatic nitrogens is 1. The number of nitrogens with zero attached hydrogens (tertiary/aromatic N) is 2. The molecule has 1 aromatic heterocycles. The van der Waals surface area contributed by atoms with Gasteiger partial charge in [-0.2, -0.15) is 0 Å². The maximum Gasteiger partial charge on any atom is 0.191 e. The van der Waals surface area contributed by atoms with Crippen molar-refractivity contribution in [3.8, 4) is 0 Å². The van der Waals surface area contributed by atoms with Crippen molar-refractivity contribution in [1.29, 1.82) is 0 Å². The minimum atomic E-state index is 0.198. The lowest BCUT2D eigenvalue weighted by Crippen LogP contribution is -2.20. The fourth-order valence-electron chi connectivity index (χ4n) is 1.94. The van der Waals surface area contributed by atoms with Gasteiger partial charge >= 0.3 is 0 Å². The summed E-state index contributed by atoms with van der Waals surface area (Å²) in [5.41, 5.74) is 0. The number of ketones is 1. The van der Waals surface area contributed by atoms with Gasteiger partial charge in [0, 0.05) is 18.0 Å². The average molecular weight is 224 g/mol. The molecule has 0 aliphatic carbocycles. The van der Waals surface area contributed by atoms with Crippen LogP contribution < -0.4 is 0 Å². The number of rotatable bonds is 5. The molecule has 0 saturated carbocycles. The minimum absolute atomic E-state index is 0.198. The van der Waals surface area contributed by atoms with Crippen molar-refractivity contribution in [2.75, 3.05) is 19.6 Å². The molecule has 2 rings (SSSR count). The van der Waals surface area contributed by atoms with Crippen LogP contribution in [0.15, 0.2) is 11.6 Å². The predicted molar refractivity (Wildman–Crippen MR) is 61.4 cm³/mol. The molecule has 1 fully saturated rings. The normalized spacial score (nSPS) is 17.1. The average Bonchev–Trinajstić information content (AvgIpc) is 2.90. The Morgan fingerprint density at radius 3 is 2.93 bits per heavy atom. The Balaban J connectivity index is 1.67. The zero-order valence-electron chi connectivity index (χ0n) is 8.82. The van der Waals surface area contributed by atoms with Crippen LogP contribution in [0.3, 0.4) is 0 Å². The van der Waals surface area contributed by atoms with E-state index in [0.717, 1.165) is 13.0 Å². The Kier molecular flexibility index (Phi) is 3.86. The van der Waals surface area contributed by atoms with Gasteiger partial charge in [0.2, 0.25) is 0 Å². The highest BCUT2D eigenvalue weighted by molar-refractivity contribution is 7.11. The molecule has 1 aliphatic heterocycles. The number of hydrogen-bond acceptors (Lipinski definition) is 4. The lowest BCUT2D eigenvalue weighted by molar-refractivity contribution is 0.0976. The second-order valence-electron chi connectivity index (χ2n) is 3.91. The zero-order chi connectivity index (χ0) is 10.5. The van der Waals surface area contributed by atoms with E-state index >= 15 is 0 Å². The summed E-state index contributed by atoms with van der Waals surface area (Å²) in [7, 11) is 0. The number of carbonyl (C=O) groups excluding carboxylic acids is 1. The highest BCUT2D eigenvalue weighted by Gasteiger charge is 2.12. The lowest BCUT2D eigenvalue weighted by Gasteiger charge is -2.13. The number of Topliss-reactive ketones (excluding diaryl/α,β-unsaturated/α-hetero) is 1. The summed E-state index contributed by atoms with van der Waals surface area (Å²) in [5.74, 6) is 0.198. The van der Waals surface area contributed by atoms with E-state index in [0.29, 0.717) is 11.4 Å². The molecule has 0 amide bonds. The highest BCUT2D eigenvalue weighted by Crippen LogP contribution is 2.11. The van der Waals surface area contributed by atoms with E-state index in [9.17, 15) is 4.79 Å². The van der Waals surface area contributed by atoms with Gasteiger partial charge in [0.15, 0.2) is 10.8 Å². The first-order chi connectivity index (χ1) is 7.36. The third kappa shape index (κ3) is 3.11. The third-order valence-corrected chi connectivity index (χ3v) is 3.56. The summed E-state index contributed by atoms with van der Waals surface area (Å²) in [6, 6.07) is 0. The van der Waals surface area contributed by atoms with Crippen molar-refractivity contribution < 1.29 is 4.79 Å². The monoisotopic (exact) mass is 224 g/mol. The van der Waals surface area contributed by atoms with Crippen molar-refractivity contribution in [3.63, 3.8) is 0 Å². The van der Waals surface area contributed by atoms with Crippen LogP contribution >= 0.6 is 11.3 Å². The molecule has 0 N–H and O–H groups in total. The van der Waals surface area contributed by atoms with Gasteiger partial charge in [0.1, 0.15) is 0 Å². The molecular weight excluding hydrogens is 208 g/mol. The van der Waals surface area contributed by atoms with Crippen molar-refractivity contribution in [2.24, 2.45) is 0 Å². The minimum Gasteiger partial charge on any atom is -0.303 e. The molecular formula is C11H16N2OS. The Labute approximate surface area is 94.1 Å². The van der Waals surface area contributed by atoms with Crippen LogP contribution in [0.2, 0.25) is 0 Å². The molecule has 2 heterocycles. The van der Waals surface area contributed by atoms with Crippen LogP contribution in [0.1, 0.15) is 35.5 Å². The summed E-state index contributed by atoms with van der Waals surface area (Å²) >= 11 is 1.44. The molecule has 1 aromatic rings. The van der Waals surface area contributed by atoms with E-state index in [2.05, 4.69) is 9.88 Å². The topological polar surface area (TPSA) is 33.2 Å². The quantitative estimate of drug-likeness (QED) is 0.719. The highest BCUT2D eigenvalue weighted by atomic mass is 32.1. The molecule has 0 radical (unpaired) electrons. The SMILES string of the molecule is O=C(CCCN1CCCC1)c1nccs1. The van der Waals surface area contributed by atoms with Crippen LogP contribution in [0.25, 0.3) is 0 Å². The van der Waals surface area contributed by atoms with E-state index in [1.54, 1.807) is 6.20 Å². The van der Waals surface area contributed by atoms with Gasteiger partial charge in [0.25, 0.3) is 0 Å². The van der Waals surface area contributed by atoms with Gasteiger partial charge in [-0.1, -0.05) is 0 Å². The molecule has 1 aliphatic rings. The maximum atomic E-state index is 11.6. The largest absolute Gasteiger partial charge is 0.303 e. The molecule has 0 spiro atoms. The van der Waals surface area contributed by atoms with Gasteiger partial charge in [0.05, 0.1) is 0 Å². The fourth-order valence-corrected chi connectivity index (χ4v) is 2.54. The number of thiazole rings is 1. The second kappa shape index (κ2) is 5.37. The molecule has 1 saturated heterocycles. The molecule has 0 aromatic carbocycles. The van der Waals surface area contributed by atoms with E-state index < -0.39 is 0 Å². The van der Waals surface area contributed by atoms with Crippen LogP contribution in [0, 0.1) is 0 Å². The van der Waals surface area contributed by atoms with Crippen LogP contribution in [0.5, 0.6) is 0 Å². The van der Waals surface area contributed by atoms with Crippen LogP contribution in [-0.4, -0.2) is 35.3 Å². The molecule has 0 unspecified atom stereocenters. The Bertz CT molecular complexity index is 304. The first-order valence-corrected chi connectivity index (χ1v) is 6.39. The fraction of sp³-hybridized carbons (Fsp3) is 0.636. The van der Waals surface area contributed by atoms with Crippen molar-refractivity contribution in [2.45, 2.75) is 25.7 Å². The van der Waals surface area contributed by atoms with Crippen molar-refractivity contribution in [3.05, 3.63) is 16.6 Å². The Hall–Kier alpha value is -0.740. The van der Waals surface area contributed by atoms with Gasteiger partial charge in [-0.05, 0) is 38.9 Å². The van der Waals surface area contributed by atoms with Gasteiger partial charge in [-0.15, -0.1) is 11.3 Å². The Morgan fingerprint density at radius 1 is 1.47 bits per heavy atom. The number of hydrogen-bond donors (Lipinski definition) is 0. The van der Waals surface area contributed by atoms with E-state index in [1.165, 1.54) is 37.3 Å². The molecule has 0 atom stereocenters. The molecule has 82 valence electrons. The molecule has 3 nitrogen and oxygen atoms in total. The summed E-state index contributed by atoms with van der Waals surface area (Å²) < 4.78 is 0.